The lowest BCUT2D eigenvalue weighted by Crippen LogP contribution is -2.48. The van der Waals surface area contributed by atoms with Crippen molar-refractivity contribution < 1.29 is 18.8 Å². The van der Waals surface area contributed by atoms with Crippen molar-refractivity contribution in [2.45, 2.75) is 108 Å². The Labute approximate surface area is 238 Å². The van der Waals surface area contributed by atoms with Crippen LogP contribution in [0.15, 0.2) is 54.6 Å². The van der Waals surface area contributed by atoms with Crippen molar-refractivity contribution in [3.05, 3.63) is 65.7 Å². The lowest BCUT2D eigenvalue weighted by Gasteiger charge is -2.42. The number of rotatable bonds is 10. The third-order valence-corrected chi connectivity index (χ3v) is 18.2. The molecule has 0 aromatic heterocycles. The maximum absolute atomic E-state index is 14.4. The Morgan fingerprint density at radius 2 is 1.51 bits per heavy atom. The molecule has 1 N–H and O–H groups in total. The summed E-state index contributed by atoms with van der Waals surface area (Å²) in [5.74, 6) is -0.159. The molecule has 2 heterocycles. The monoisotopic (exact) mass is 567 g/mol. The number of ether oxygens (including phenoxy) is 1. The molecule has 2 aliphatic rings. The quantitative estimate of drug-likeness (QED) is 0.300. The van der Waals surface area contributed by atoms with Gasteiger partial charge >= 0.3 is 0 Å². The molecule has 2 aliphatic heterocycles. The van der Waals surface area contributed by atoms with Gasteiger partial charge in [-0.2, -0.15) is 0 Å². The van der Waals surface area contributed by atoms with Crippen molar-refractivity contribution in [3.8, 4) is 0 Å². The Hall–Kier alpha value is -1.78. The van der Waals surface area contributed by atoms with Gasteiger partial charge in [0.2, 0.25) is 0 Å². The van der Waals surface area contributed by atoms with Crippen LogP contribution in [0.4, 0.5) is 5.69 Å². The molecule has 2 aromatic carbocycles. The van der Waals surface area contributed by atoms with Gasteiger partial charge in [-0.3, -0.25) is 4.79 Å². The molecule has 2 aromatic rings. The largest absolute Gasteiger partial charge is 0.432 e. The first-order valence-corrected chi connectivity index (χ1v) is 19.9. The molecule has 1 saturated heterocycles. The first kappa shape index (κ1) is 30.2. The van der Waals surface area contributed by atoms with Gasteiger partial charge in [-0.25, -0.2) is 0 Å². The maximum Gasteiger partial charge on any atom is 0.264 e. The van der Waals surface area contributed by atoms with Crippen molar-refractivity contribution >= 4 is 28.2 Å². The second-order valence-electron chi connectivity index (χ2n) is 13.2. The Morgan fingerprint density at radius 3 is 2.08 bits per heavy atom. The van der Waals surface area contributed by atoms with Crippen LogP contribution in [-0.2, 0) is 26.1 Å². The van der Waals surface area contributed by atoms with Crippen LogP contribution in [0.2, 0.25) is 35.3 Å². The molecule has 0 radical (unpaired) electrons. The van der Waals surface area contributed by atoms with Crippen LogP contribution in [0.25, 0.3) is 0 Å². The molecule has 0 saturated carbocycles. The van der Waals surface area contributed by atoms with Crippen LogP contribution in [0, 0.1) is 5.92 Å². The first-order valence-electron chi connectivity index (χ1n) is 14.8. The number of anilines is 1. The average Bonchev–Trinajstić information content (AvgIpc) is 3.29. The summed E-state index contributed by atoms with van der Waals surface area (Å²) >= 11 is 0. The molecule has 39 heavy (non-hydrogen) atoms. The number of amides is 1. The maximum atomic E-state index is 14.4. The highest BCUT2D eigenvalue weighted by atomic mass is 28.4. The number of para-hydroxylation sites is 1. The molecule has 0 unspecified atom stereocenters. The Bertz CT molecular complexity index is 1120. The highest BCUT2D eigenvalue weighted by Crippen LogP contribution is 2.59. The van der Waals surface area contributed by atoms with Gasteiger partial charge in [0.05, 0.1) is 18.3 Å². The Balaban J connectivity index is 1.67. The zero-order valence-electron chi connectivity index (χ0n) is 25.4. The molecule has 1 spiro atoms. The minimum absolute atomic E-state index is 0.0121. The van der Waals surface area contributed by atoms with Crippen molar-refractivity contribution in [2.75, 3.05) is 11.5 Å². The number of hydrogen-bond acceptors (Lipinski definition) is 4. The third kappa shape index (κ3) is 5.10. The lowest BCUT2D eigenvalue weighted by molar-refractivity contribution is -0.146. The topological polar surface area (TPSA) is 59.0 Å². The van der Waals surface area contributed by atoms with E-state index in [1.165, 1.54) is 0 Å². The van der Waals surface area contributed by atoms with Gasteiger partial charge in [0, 0.05) is 23.6 Å². The summed E-state index contributed by atoms with van der Waals surface area (Å²) in [6, 6.07) is 18.2. The fraction of sp³-hybridized carbons (Fsp3) is 0.594. The smallest absolute Gasteiger partial charge is 0.264 e. The molecule has 7 heteroatoms. The summed E-state index contributed by atoms with van der Waals surface area (Å²) in [7, 11) is -4.72. The van der Waals surface area contributed by atoms with Gasteiger partial charge in [-0.05, 0) is 47.8 Å². The fourth-order valence-electron chi connectivity index (χ4n) is 8.08. The highest BCUT2D eigenvalue weighted by molar-refractivity contribution is 6.77. The highest BCUT2D eigenvalue weighted by Gasteiger charge is 2.66. The average molecular weight is 568 g/mol. The van der Waals surface area contributed by atoms with E-state index in [-0.39, 0.29) is 23.5 Å². The summed E-state index contributed by atoms with van der Waals surface area (Å²) < 4.78 is 13.9. The van der Waals surface area contributed by atoms with E-state index in [0.29, 0.717) is 36.2 Å². The van der Waals surface area contributed by atoms with E-state index in [9.17, 15) is 9.59 Å². The van der Waals surface area contributed by atoms with Crippen molar-refractivity contribution in [3.63, 3.8) is 0 Å². The summed E-state index contributed by atoms with van der Waals surface area (Å²) in [6.07, 6.45) is 0.446. The SMILES string of the molecule is CC(C)[Si](OCC[C@H]1O[C@]2(C(=O)N(Cc3ccccc3)c3ccccc32)[C@@H](C)[C@@H]1[Si](C)(C)O)(C(C)C)C(C)C. The molecule has 5 nitrogen and oxygen atoms in total. The first-order chi connectivity index (χ1) is 18.3. The van der Waals surface area contributed by atoms with Crippen LogP contribution in [0.5, 0.6) is 0 Å². The van der Waals surface area contributed by atoms with Gasteiger partial charge in [-0.1, -0.05) is 97.0 Å². The molecule has 1 fully saturated rings. The van der Waals surface area contributed by atoms with E-state index in [4.69, 9.17) is 9.16 Å². The van der Waals surface area contributed by atoms with Gasteiger partial charge in [0.25, 0.3) is 5.91 Å². The lowest BCUT2D eigenvalue weighted by atomic mass is 9.82. The molecular formula is C32H49NO4Si2. The molecule has 4 atom stereocenters. The van der Waals surface area contributed by atoms with E-state index in [0.717, 1.165) is 16.8 Å². The number of nitrogens with zero attached hydrogens (tertiary/aromatic N) is 1. The second kappa shape index (κ2) is 11.2. The number of fused-ring (bicyclic) bond motifs is 2. The number of hydrogen-bond donors (Lipinski definition) is 1. The van der Waals surface area contributed by atoms with Crippen LogP contribution in [0.3, 0.4) is 0 Å². The molecule has 214 valence electrons. The minimum atomic E-state index is -2.69. The van der Waals surface area contributed by atoms with E-state index in [2.05, 4.69) is 60.6 Å². The van der Waals surface area contributed by atoms with Crippen molar-refractivity contribution in [1.29, 1.82) is 0 Å². The molecule has 0 aliphatic carbocycles. The summed E-state index contributed by atoms with van der Waals surface area (Å²) in [4.78, 5) is 27.9. The molecule has 1 amide bonds. The van der Waals surface area contributed by atoms with Gasteiger partial charge in [-0.15, -0.1) is 0 Å². The van der Waals surface area contributed by atoms with Crippen molar-refractivity contribution in [1.82, 2.24) is 0 Å². The molecular weight excluding hydrogens is 519 g/mol. The van der Waals surface area contributed by atoms with E-state index in [1.54, 1.807) is 0 Å². The Morgan fingerprint density at radius 1 is 0.949 bits per heavy atom. The zero-order valence-corrected chi connectivity index (χ0v) is 27.4. The van der Waals surface area contributed by atoms with Crippen LogP contribution in [-0.4, -0.2) is 40.0 Å². The summed E-state index contributed by atoms with van der Waals surface area (Å²) in [5, 5.41) is 0. The molecule has 0 bridgehead atoms. The van der Waals surface area contributed by atoms with E-state index in [1.807, 2.05) is 60.5 Å². The van der Waals surface area contributed by atoms with Gasteiger partial charge in [0.15, 0.2) is 22.2 Å². The second-order valence-corrected chi connectivity index (χ2v) is 22.6. The van der Waals surface area contributed by atoms with E-state index < -0.39 is 22.2 Å². The fourth-order valence-corrected chi connectivity index (χ4v) is 16.2. The standard InChI is InChI=1S/C32H49NO4Si2/c1-22(2)39(23(3)4,24(5)6)36-20-19-29-30(38(8,9)35)25(7)32(37-29)27-17-13-14-18-28(27)33(31(32)34)21-26-15-11-10-12-16-26/h10-18,22-25,29-30,35H,19-21H2,1-9H3/t25-,29+,30-,32+/m0/s1. The number of carbonyl (C=O) groups excluding carboxylic acids is 1. The summed E-state index contributed by atoms with van der Waals surface area (Å²) in [6.45, 7) is 21.0. The normalized spacial score (nSPS) is 25.5. The molecule has 4 rings (SSSR count). The Kier molecular flexibility index (Phi) is 8.70. The predicted octanol–water partition coefficient (Wildman–Crippen LogP) is 7.61. The number of carbonyl (C=O) groups is 1. The van der Waals surface area contributed by atoms with Crippen LogP contribution in [0.1, 0.15) is 66.0 Å². The van der Waals surface area contributed by atoms with E-state index >= 15 is 0 Å². The van der Waals surface area contributed by atoms with Crippen LogP contribution >= 0.6 is 0 Å². The van der Waals surface area contributed by atoms with Crippen molar-refractivity contribution in [2.24, 2.45) is 5.92 Å². The zero-order chi connectivity index (χ0) is 28.8. The minimum Gasteiger partial charge on any atom is -0.432 e. The number of benzene rings is 2. The van der Waals surface area contributed by atoms with Gasteiger partial charge in [0.1, 0.15) is 0 Å². The van der Waals surface area contributed by atoms with Crippen LogP contribution < -0.4 is 4.90 Å². The summed E-state index contributed by atoms with van der Waals surface area (Å²) in [5.41, 5.74) is 3.26. The third-order valence-electron chi connectivity index (χ3n) is 9.54. The predicted molar refractivity (Wildman–Crippen MR) is 165 cm³/mol. The van der Waals surface area contributed by atoms with Gasteiger partial charge < -0.3 is 18.9 Å².